The van der Waals surface area contributed by atoms with Gasteiger partial charge in [-0.15, -0.1) is 0 Å². The van der Waals surface area contributed by atoms with Gasteiger partial charge in [0.05, 0.1) is 0 Å². The van der Waals surface area contributed by atoms with Gasteiger partial charge in [0.15, 0.2) is 0 Å². The SMILES string of the molecule is O=c1[nH]ccc2cc(N[C@H]3CCN(Cc4ccncc4)C3)ccc12. The maximum Gasteiger partial charge on any atom is 0.255 e. The van der Waals surface area contributed by atoms with E-state index in [0.29, 0.717) is 6.04 Å². The number of benzene rings is 1. The molecule has 4 rings (SSSR count). The van der Waals surface area contributed by atoms with Crippen molar-refractivity contribution in [3.05, 3.63) is 70.9 Å². The molecule has 5 nitrogen and oxygen atoms in total. The summed E-state index contributed by atoms with van der Waals surface area (Å²) in [5.74, 6) is 0. The maximum absolute atomic E-state index is 11.8. The average Bonchev–Trinajstić information content (AvgIpc) is 3.03. The molecular formula is C19H20N4O. The minimum atomic E-state index is -0.0385. The number of aromatic nitrogens is 2. The van der Waals surface area contributed by atoms with Crippen molar-refractivity contribution in [3.63, 3.8) is 0 Å². The second-order valence-electron chi connectivity index (χ2n) is 6.33. The van der Waals surface area contributed by atoms with E-state index in [0.717, 1.165) is 42.5 Å². The highest BCUT2D eigenvalue weighted by Crippen LogP contribution is 2.20. The molecule has 0 unspecified atom stereocenters. The Labute approximate surface area is 140 Å². The average molecular weight is 320 g/mol. The van der Waals surface area contributed by atoms with E-state index in [-0.39, 0.29) is 5.56 Å². The second kappa shape index (κ2) is 6.45. The first-order valence-electron chi connectivity index (χ1n) is 8.27. The van der Waals surface area contributed by atoms with E-state index in [9.17, 15) is 4.79 Å². The van der Waals surface area contributed by atoms with E-state index in [4.69, 9.17) is 0 Å². The van der Waals surface area contributed by atoms with Crippen molar-refractivity contribution in [1.29, 1.82) is 0 Å². The van der Waals surface area contributed by atoms with Crippen LogP contribution in [0.15, 0.2) is 59.8 Å². The highest BCUT2D eigenvalue weighted by Gasteiger charge is 2.22. The van der Waals surface area contributed by atoms with E-state index in [1.54, 1.807) is 6.20 Å². The minimum absolute atomic E-state index is 0.0385. The molecule has 2 N–H and O–H groups in total. The van der Waals surface area contributed by atoms with E-state index >= 15 is 0 Å². The van der Waals surface area contributed by atoms with Crippen LogP contribution in [0, 0.1) is 0 Å². The van der Waals surface area contributed by atoms with Crippen LogP contribution in [0.4, 0.5) is 5.69 Å². The Hall–Kier alpha value is -2.66. The molecule has 0 bridgehead atoms. The third-order valence-corrected chi connectivity index (χ3v) is 4.57. The number of nitrogens with one attached hydrogen (secondary N) is 2. The Kier molecular flexibility index (Phi) is 4.01. The zero-order valence-corrected chi connectivity index (χ0v) is 13.4. The zero-order chi connectivity index (χ0) is 16.4. The number of hydrogen-bond donors (Lipinski definition) is 2. The van der Waals surface area contributed by atoms with Crippen LogP contribution in [0.3, 0.4) is 0 Å². The first-order valence-corrected chi connectivity index (χ1v) is 8.27. The molecule has 5 heteroatoms. The van der Waals surface area contributed by atoms with Crippen LogP contribution in [-0.2, 0) is 6.54 Å². The molecule has 0 saturated carbocycles. The van der Waals surface area contributed by atoms with Gasteiger partial charge in [0.1, 0.15) is 0 Å². The van der Waals surface area contributed by atoms with Crippen molar-refractivity contribution in [2.24, 2.45) is 0 Å². The molecule has 3 heterocycles. The fraction of sp³-hybridized carbons (Fsp3) is 0.263. The van der Waals surface area contributed by atoms with Gasteiger partial charge in [0, 0.05) is 55.3 Å². The topological polar surface area (TPSA) is 61.0 Å². The molecule has 24 heavy (non-hydrogen) atoms. The number of aromatic amines is 1. The first kappa shape index (κ1) is 14.9. The predicted molar refractivity (Wildman–Crippen MR) is 96.1 cm³/mol. The van der Waals surface area contributed by atoms with E-state index in [1.165, 1.54) is 5.56 Å². The molecule has 1 fully saturated rings. The van der Waals surface area contributed by atoms with Gasteiger partial charge in [-0.1, -0.05) is 0 Å². The van der Waals surface area contributed by atoms with Crippen molar-refractivity contribution >= 4 is 16.5 Å². The Morgan fingerprint density at radius 1 is 1.21 bits per heavy atom. The van der Waals surface area contributed by atoms with Gasteiger partial charge in [-0.25, -0.2) is 0 Å². The first-order chi connectivity index (χ1) is 11.8. The summed E-state index contributed by atoms with van der Waals surface area (Å²) >= 11 is 0. The molecule has 2 aromatic heterocycles. The van der Waals surface area contributed by atoms with Crippen LogP contribution >= 0.6 is 0 Å². The Morgan fingerprint density at radius 2 is 2.08 bits per heavy atom. The van der Waals surface area contributed by atoms with Gasteiger partial charge in [-0.2, -0.15) is 0 Å². The van der Waals surface area contributed by atoms with Gasteiger partial charge >= 0.3 is 0 Å². The monoisotopic (exact) mass is 320 g/mol. The fourth-order valence-corrected chi connectivity index (χ4v) is 3.36. The summed E-state index contributed by atoms with van der Waals surface area (Å²) < 4.78 is 0. The highest BCUT2D eigenvalue weighted by atomic mass is 16.1. The normalized spacial score (nSPS) is 18.1. The predicted octanol–water partition coefficient (Wildman–Crippen LogP) is 2.61. The lowest BCUT2D eigenvalue weighted by Gasteiger charge is -2.17. The summed E-state index contributed by atoms with van der Waals surface area (Å²) in [5, 5.41) is 5.30. The number of likely N-dealkylation sites (tertiary alicyclic amines) is 1. The summed E-state index contributed by atoms with van der Waals surface area (Å²) in [7, 11) is 0. The highest BCUT2D eigenvalue weighted by molar-refractivity contribution is 5.84. The van der Waals surface area contributed by atoms with Crippen molar-refractivity contribution in [2.75, 3.05) is 18.4 Å². The number of fused-ring (bicyclic) bond motifs is 1. The molecule has 1 saturated heterocycles. The Balaban J connectivity index is 1.42. The number of anilines is 1. The van der Waals surface area contributed by atoms with Crippen LogP contribution in [-0.4, -0.2) is 34.0 Å². The van der Waals surface area contributed by atoms with Crippen LogP contribution in [0.1, 0.15) is 12.0 Å². The molecular weight excluding hydrogens is 300 g/mol. The van der Waals surface area contributed by atoms with Gasteiger partial charge in [0.2, 0.25) is 0 Å². The van der Waals surface area contributed by atoms with Crippen molar-refractivity contribution < 1.29 is 0 Å². The molecule has 1 aliphatic rings. The third-order valence-electron chi connectivity index (χ3n) is 4.57. The largest absolute Gasteiger partial charge is 0.381 e. The number of rotatable bonds is 4. The quantitative estimate of drug-likeness (QED) is 0.776. The van der Waals surface area contributed by atoms with Crippen molar-refractivity contribution in [1.82, 2.24) is 14.9 Å². The van der Waals surface area contributed by atoms with Gasteiger partial charge in [0.25, 0.3) is 5.56 Å². The third kappa shape index (κ3) is 3.16. The number of pyridine rings is 2. The smallest absolute Gasteiger partial charge is 0.255 e. The minimum Gasteiger partial charge on any atom is -0.381 e. The molecule has 3 aromatic rings. The molecule has 1 atom stereocenters. The van der Waals surface area contributed by atoms with E-state index in [1.807, 2.05) is 30.6 Å². The summed E-state index contributed by atoms with van der Waals surface area (Å²) in [5.41, 5.74) is 2.34. The van der Waals surface area contributed by atoms with E-state index in [2.05, 4.69) is 38.4 Å². The van der Waals surface area contributed by atoms with Crippen LogP contribution < -0.4 is 10.9 Å². The maximum atomic E-state index is 11.8. The number of H-pyrrole nitrogens is 1. The van der Waals surface area contributed by atoms with Crippen LogP contribution in [0.2, 0.25) is 0 Å². The fourth-order valence-electron chi connectivity index (χ4n) is 3.36. The summed E-state index contributed by atoms with van der Waals surface area (Å²) in [6, 6.07) is 12.4. The number of hydrogen-bond acceptors (Lipinski definition) is 4. The lowest BCUT2D eigenvalue weighted by Crippen LogP contribution is -2.26. The molecule has 0 amide bonds. The van der Waals surface area contributed by atoms with Crippen LogP contribution in [0.5, 0.6) is 0 Å². The lowest BCUT2D eigenvalue weighted by molar-refractivity contribution is 0.328. The summed E-state index contributed by atoms with van der Waals surface area (Å²) in [6.07, 6.45) is 6.51. The van der Waals surface area contributed by atoms with Crippen LogP contribution in [0.25, 0.3) is 10.8 Å². The lowest BCUT2D eigenvalue weighted by atomic mass is 10.1. The van der Waals surface area contributed by atoms with Gasteiger partial charge in [-0.3, -0.25) is 14.7 Å². The number of nitrogens with zero attached hydrogens (tertiary/aromatic N) is 2. The standard InChI is InChI=1S/C19H20N4O/c24-19-18-2-1-16(11-15(18)5-9-21-19)22-17-6-10-23(13-17)12-14-3-7-20-8-4-14/h1-5,7-9,11,17,22H,6,10,12-13H2,(H,21,24)/t17-/m0/s1. The molecule has 1 aliphatic heterocycles. The van der Waals surface area contributed by atoms with Gasteiger partial charge < -0.3 is 10.3 Å². The molecule has 0 spiro atoms. The van der Waals surface area contributed by atoms with Crippen molar-refractivity contribution in [2.45, 2.75) is 19.0 Å². The molecule has 1 aromatic carbocycles. The van der Waals surface area contributed by atoms with Gasteiger partial charge in [-0.05, 0) is 53.8 Å². The van der Waals surface area contributed by atoms with E-state index < -0.39 is 0 Å². The second-order valence-corrected chi connectivity index (χ2v) is 6.33. The Bertz CT molecular complexity index is 891. The molecule has 0 radical (unpaired) electrons. The zero-order valence-electron chi connectivity index (χ0n) is 13.4. The summed E-state index contributed by atoms with van der Waals surface area (Å²) in [4.78, 5) is 21.0. The van der Waals surface area contributed by atoms with Crippen molar-refractivity contribution in [3.8, 4) is 0 Å². The molecule has 122 valence electrons. The molecule has 0 aliphatic carbocycles. The Morgan fingerprint density at radius 3 is 2.96 bits per heavy atom. The summed E-state index contributed by atoms with van der Waals surface area (Å²) in [6.45, 7) is 3.08.